The molecule has 0 aromatic heterocycles. The fraction of sp³-hybridized carbons (Fsp3) is 0.200. The summed E-state index contributed by atoms with van der Waals surface area (Å²) in [6, 6.07) is 22.8. The average molecular weight is 419 g/mol. The molecule has 6 heteroatoms. The molecule has 0 unspecified atom stereocenters. The number of rotatable bonds is 9. The van der Waals surface area contributed by atoms with Crippen molar-refractivity contribution in [3.8, 4) is 11.5 Å². The number of carbonyl (C=O) groups excluding carboxylic acids is 2. The molecule has 0 bridgehead atoms. The molecule has 0 fully saturated rings. The van der Waals surface area contributed by atoms with E-state index in [9.17, 15) is 9.59 Å². The number of carbonyl (C=O) groups is 2. The second kappa shape index (κ2) is 10.8. The average Bonchev–Trinajstić information content (AvgIpc) is 2.80. The van der Waals surface area contributed by atoms with Gasteiger partial charge in [-0.3, -0.25) is 4.79 Å². The van der Waals surface area contributed by atoms with Crippen LogP contribution in [0.25, 0.3) is 0 Å². The van der Waals surface area contributed by atoms with Crippen LogP contribution in [-0.2, 0) is 9.53 Å². The third kappa shape index (κ3) is 5.63. The zero-order valence-electron chi connectivity index (χ0n) is 17.5. The molecule has 0 aliphatic carbocycles. The standard InChI is InChI=1S/C25H25NO5/c1-3-29-21-16-10-8-14-19(21)25(28)31-23(18-12-6-5-7-13-18)24(27)26-20-15-9-11-17-22(20)30-4-2/h5-17,23H,3-4H2,1-2H3,(H,26,27)/t23-/m0/s1. The van der Waals surface area contributed by atoms with Crippen molar-refractivity contribution in [3.05, 3.63) is 90.0 Å². The Morgan fingerprint density at radius 3 is 2.06 bits per heavy atom. The van der Waals surface area contributed by atoms with Gasteiger partial charge in [0.1, 0.15) is 17.1 Å². The number of para-hydroxylation sites is 3. The Balaban J connectivity index is 1.88. The highest BCUT2D eigenvalue weighted by Crippen LogP contribution is 2.28. The van der Waals surface area contributed by atoms with E-state index >= 15 is 0 Å². The normalized spacial score (nSPS) is 11.3. The Kier molecular flexibility index (Phi) is 7.65. The molecule has 0 radical (unpaired) electrons. The molecule has 3 rings (SSSR count). The summed E-state index contributed by atoms with van der Waals surface area (Å²) in [5, 5.41) is 2.82. The van der Waals surface area contributed by atoms with Gasteiger partial charge in [0.15, 0.2) is 0 Å². The lowest BCUT2D eigenvalue weighted by atomic mass is 10.1. The molecule has 0 heterocycles. The number of hydrogen-bond acceptors (Lipinski definition) is 5. The second-order valence-corrected chi connectivity index (χ2v) is 6.54. The summed E-state index contributed by atoms with van der Waals surface area (Å²) in [6.07, 6.45) is -1.15. The molecule has 1 N–H and O–H groups in total. The molecular weight excluding hydrogens is 394 g/mol. The van der Waals surface area contributed by atoms with E-state index in [1.807, 2.05) is 26.0 Å². The summed E-state index contributed by atoms with van der Waals surface area (Å²) in [5.74, 6) is -0.186. The van der Waals surface area contributed by atoms with Crippen molar-refractivity contribution >= 4 is 17.6 Å². The third-order valence-corrected chi connectivity index (χ3v) is 4.42. The maximum Gasteiger partial charge on any atom is 0.343 e. The van der Waals surface area contributed by atoms with Crippen LogP contribution < -0.4 is 14.8 Å². The van der Waals surface area contributed by atoms with E-state index in [1.54, 1.807) is 66.7 Å². The summed E-state index contributed by atoms with van der Waals surface area (Å²) in [6.45, 7) is 4.56. The van der Waals surface area contributed by atoms with Crippen molar-refractivity contribution in [3.63, 3.8) is 0 Å². The number of amides is 1. The van der Waals surface area contributed by atoms with E-state index in [2.05, 4.69) is 5.32 Å². The van der Waals surface area contributed by atoms with Crippen molar-refractivity contribution in [2.24, 2.45) is 0 Å². The first-order chi connectivity index (χ1) is 15.1. The van der Waals surface area contributed by atoms with Crippen molar-refractivity contribution < 1.29 is 23.8 Å². The van der Waals surface area contributed by atoms with Crippen LogP contribution in [0.15, 0.2) is 78.9 Å². The lowest BCUT2D eigenvalue weighted by molar-refractivity contribution is -0.125. The molecule has 0 spiro atoms. The number of esters is 1. The molecule has 0 saturated heterocycles. The van der Waals surface area contributed by atoms with Crippen LogP contribution in [0.5, 0.6) is 11.5 Å². The minimum absolute atomic E-state index is 0.257. The van der Waals surface area contributed by atoms with Gasteiger partial charge < -0.3 is 19.5 Å². The van der Waals surface area contributed by atoms with E-state index in [-0.39, 0.29) is 5.56 Å². The van der Waals surface area contributed by atoms with Crippen LogP contribution in [0.3, 0.4) is 0 Å². The van der Waals surface area contributed by atoms with Crippen LogP contribution in [0.1, 0.15) is 35.9 Å². The third-order valence-electron chi connectivity index (χ3n) is 4.42. The number of benzene rings is 3. The predicted molar refractivity (Wildman–Crippen MR) is 118 cm³/mol. The van der Waals surface area contributed by atoms with Gasteiger partial charge in [-0.25, -0.2) is 4.79 Å². The van der Waals surface area contributed by atoms with Gasteiger partial charge in [0.2, 0.25) is 6.10 Å². The van der Waals surface area contributed by atoms with Crippen molar-refractivity contribution in [2.45, 2.75) is 20.0 Å². The van der Waals surface area contributed by atoms with Crippen LogP contribution in [0, 0.1) is 0 Å². The molecule has 160 valence electrons. The highest BCUT2D eigenvalue weighted by atomic mass is 16.6. The van der Waals surface area contributed by atoms with Crippen LogP contribution in [-0.4, -0.2) is 25.1 Å². The number of anilines is 1. The van der Waals surface area contributed by atoms with Crippen molar-refractivity contribution in [1.82, 2.24) is 0 Å². The smallest absolute Gasteiger partial charge is 0.343 e. The molecule has 3 aromatic rings. The summed E-state index contributed by atoms with van der Waals surface area (Å²) in [4.78, 5) is 26.1. The monoisotopic (exact) mass is 419 g/mol. The molecule has 6 nitrogen and oxygen atoms in total. The Morgan fingerprint density at radius 1 is 0.774 bits per heavy atom. The Bertz CT molecular complexity index is 1020. The van der Waals surface area contributed by atoms with E-state index in [0.29, 0.717) is 36.0 Å². The Morgan fingerprint density at radius 2 is 1.35 bits per heavy atom. The van der Waals surface area contributed by atoms with E-state index < -0.39 is 18.0 Å². The van der Waals surface area contributed by atoms with Crippen molar-refractivity contribution in [2.75, 3.05) is 18.5 Å². The molecule has 0 aliphatic rings. The summed E-state index contributed by atoms with van der Waals surface area (Å²) >= 11 is 0. The quantitative estimate of drug-likeness (QED) is 0.493. The maximum atomic E-state index is 13.2. The fourth-order valence-electron chi connectivity index (χ4n) is 3.04. The highest BCUT2D eigenvalue weighted by molar-refractivity contribution is 5.99. The molecule has 0 saturated carbocycles. The van der Waals surface area contributed by atoms with E-state index in [0.717, 1.165) is 0 Å². The number of nitrogens with one attached hydrogen (secondary N) is 1. The van der Waals surface area contributed by atoms with Gasteiger partial charge >= 0.3 is 5.97 Å². The summed E-state index contributed by atoms with van der Waals surface area (Å²) < 4.78 is 16.8. The summed E-state index contributed by atoms with van der Waals surface area (Å²) in [5.41, 5.74) is 1.31. The Hall–Kier alpha value is -3.80. The first kappa shape index (κ1) is 21.9. The minimum Gasteiger partial charge on any atom is -0.493 e. The van der Waals surface area contributed by atoms with E-state index in [4.69, 9.17) is 14.2 Å². The zero-order chi connectivity index (χ0) is 22.1. The second-order valence-electron chi connectivity index (χ2n) is 6.54. The molecule has 1 atom stereocenters. The van der Waals surface area contributed by atoms with Gasteiger partial charge in [0, 0.05) is 5.56 Å². The van der Waals surface area contributed by atoms with Crippen molar-refractivity contribution in [1.29, 1.82) is 0 Å². The van der Waals surface area contributed by atoms with Crippen LogP contribution >= 0.6 is 0 Å². The first-order valence-electron chi connectivity index (χ1n) is 10.1. The van der Waals surface area contributed by atoms with Gasteiger partial charge in [-0.05, 0) is 38.1 Å². The highest BCUT2D eigenvalue weighted by Gasteiger charge is 2.27. The van der Waals surface area contributed by atoms with Gasteiger partial charge in [0.05, 0.1) is 18.9 Å². The maximum absolute atomic E-state index is 13.2. The van der Waals surface area contributed by atoms with Gasteiger partial charge in [-0.15, -0.1) is 0 Å². The van der Waals surface area contributed by atoms with Gasteiger partial charge in [-0.1, -0.05) is 54.6 Å². The molecule has 31 heavy (non-hydrogen) atoms. The fourth-order valence-corrected chi connectivity index (χ4v) is 3.04. The van der Waals surface area contributed by atoms with E-state index in [1.165, 1.54) is 0 Å². The predicted octanol–water partition coefficient (Wildman–Crippen LogP) is 5.02. The molecule has 1 amide bonds. The molecular formula is C25H25NO5. The van der Waals surface area contributed by atoms with Gasteiger partial charge in [0.25, 0.3) is 5.91 Å². The van der Waals surface area contributed by atoms with Gasteiger partial charge in [-0.2, -0.15) is 0 Å². The van der Waals surface area contributed by atoms with Crippen LogP contribution in [0.4, 0.5) is 5.69 Å². The molecule has 3 aromatic carbocycles. The number of hydrogen-bond donors (Lipinski definition) is 1. The minimum atomic E-state index is -1.15. The zero-order valence-corrected chi connectivity index (χ0v) is 17.5. The number of ether oxygens (including phenoxy) is 3. The molecule has 0 aliphatic heterocycles. The SMILES string of the molecule is CCOc1ccccc1NC(=O)[C@@H](OC(=O)c1ccccc1OCC)c1ccccc1. The largest absolute Gasteiger partial charge is 0.493 e. The lowest BCUT2D eigenvalue weighted by Gasteiger charge is -2.20. The van der Waals surface area contributed by atoms with Crippen LogP contribution in [0.2, 0.25) is 0 Å². The summed E-state index contributed by atoms with van der Waals surface area (Å²) in [7, 11) is 0. The first-order valence-corrected chi connectivity index (χ1v) is 10.1. The topological polar surface area (TPSA) is 73.9 Å². The lowest BCUT2D eigenvalue weighted by Crippen LogP contribution is -2.26. The Labute approximate surface area is 181 Å².